The summed E-state index contributed by atoms with van der Waals surface area (Å²) >= 11 is 0. The average molecular weight is 298 g/mol. The van der Waals surface area contributed by atoms with Crippen molar-refractivity contribution in [2.45, 2.75) is 12.8 Å². The zero-order valence-electron chi connectivity index (χ0n) is 12.8. The van der Waals surface area contributed by atoms with Crippen molar-refractivity contribution in [3.8, 4) is 0 Å². The van der Waals surface area contributed by atoms with Crippen molar-refractivity contribution in [3.63, 3.8) is 0 Å². The van der Waals surface area contributed by atoms with Crippen molar-refractivity contribution < 1.29 is 9.59 Å². The van der Waals surface area contributed by atoms with Crippen LogP contribution in [0, 0.1) is 5.92 Å². The molecule has 4 heteroatoms. The van der Waals surface area contributed by atoms with Crippen molar-refractivity contribution >= 4 is 17.5 Å². The van der Waals surface area contributed by atoms with Gasteiger partial charge in [0.2, 0.25) is 11.8 Å². The molecule has 0 unspecified atom stereocenters. The molecule has 0 atom stereocenters. The fraction of sp³-hybridized carbons (Fsp3) is 0.333. The summed E-state index contributed by atoms with van der Waals surface area (Å²) < 4.78 is 0. The lowest BCUT2D eigenvalue weighted by Crippen LogP contribution is -2.44. The number of anilines is 1. The first kappa shape index (κ1) is 16.0. The molecule has 0 aliphatic carbocycles. The number of likely N-dealkylation sites (tertiary alicyclic amines) is 1. The van der Waals surface area contributed by atoms with Crippen LogP contribution in [0.1, 0.15) is 12.8 Å². The van der Waals surface area contributed by atoms with Crippen LogP contribution in [0.3, 0.4) is 0 Å². The minimum Gasteiger partial charge on any atom is -0.339 e. The largest absolute Gasteiger partial charge is 0.339 e. The Kier molecular flexibility index (Phi) is 5.53. The molecule has 1 heterocycles. The maximum absolute atomic E-state index is 12.8. The molecule has 0 N–H and O–H groups in total. The standard InChI is InChI=1S/C18H22N2O2/c1-3-12-20(16-8-6-5-7-9-16)18(22)15-10-13-19(14-11-15)17(21)4-2/h3-9,15H,1-2,10-14H2. The van der Waals surface area contributed by atoms with E-state index in [0.29, 0.717) is 32.5 Å². The van der Waals surface area contributed by atoms with Crippen molar-refractivity contribution in [1.82, 2.24) is 4.90 Å². The number of benzene rings is 1. The third kappa shape index (κ3) is 3.64. The fourth-order valence-corrected chi connectivity index (χ4v) is 2.76. The Morgan fingerprint density at radius 3 is 2.36 bits per heavy atom. The van der Waals surface area contributed by atoms with E-state index in [-0.39, 0.29) is 17.7 Å². The molecule has 1 aromatic rings. The second-order valence-electron chi connectivity index (χ2n) is 5.38. The van der Waals surface area contributed by atoms with Crippen LogP contribution in [0.2, 0.25) is 0 Å². The van der Waals surface area contributed by atoms with Crippen LogP contribution >= 0.6 is 0 Å². The van der Waals surface area contributed by atoms with Gasteiger partial charge in [-0.1, -0.05) is 30.9 Å². The summed E-state index contributed by atoms with van der Waals surface area (Å²) in [5.41, 5.74) is 0.886. The quantitative estimate of drug-likeness (QED) is 0.619. The van der Waals surface area contributed by atoms with Crippen LogP contribution in [0.5, 0.6) is 0 Å². The van der Waals surface area contributed by atoms with Gasteiger partial charge >= 0.3 is 0 Å². The molecule has 0 radical (unpaired) electrons. The molecule has 1 aliphatic heterocycles. The van der Waals surface area contributed by atoms with Gasteiger partial charge in [0.15, 0.2) is 0 Å². The van der Waals surface area contributed by atoms with Gasteiger partial charge in [-0.05, 0) is 31.1 Å². The first-order chi connectivity index (χ1) is 10.7. The highest BCUT2D eigenvalue weighted by Crippen LogP contribution is 2.23. The van der Waals surface area contributed by atoms with Crippen LogP contribution in [0.4, 0.5) is 5.69 Å². The van der Waals surface area contributed by atoms with E-state index < -0.39 is 0 Å². The lowest BCUT2D eigenvalue weighted by atomic mass is 9.95. The summed E-state index contributed by atoms with van der Waals surface area (Å²) in [6.45, 7) is 8.96. The maximum atomic E-state index is 12.8. The molecule has 1 saturated heterocycles. The molecule has 1 fully saturated rings. The minimum absolute atomic E-state index is 0.0472. The zero-order valence-corrected chi connectivity index (χ0v) is 12.8. The second kappa shape index (κ2) is 7.59. The van der Waals surface area contributed by atoms with Crippen LogP contribution in [-0.4, -0.2) is 36.3 Å². The van der Waals surface area contributed by atoms with Gasteiger partial charge in [-0.25, -0.2) is 0 Å². The fourth-order valence-electron chi connectivity index (χ4n) is 2.76. The van der Waals surface area contributed by atoms with Crippen LogP contribution in [0.25, 0.3) is 0 Å². The molecule has 1 aliphatic rings. The topological polar surface area (TPSA) is 40.6 Å². The Balaban J connectivity index is 2.05. The summed E-state index contributed by atoms with van der Waals surface area (Å²) in [6.07, 6.45) is 4.45. The maximum Gasteiger partial charge on any atom is 0.245 e. The summed E-state index contributed by atoms with van der Waals surface area (Å²) in [7, 11) is 0. The van der Waals surface area contributed by atoms with Gasteiger partial charge in [0.05, 0.1) is 0 Å². The lowest BCUT2D eigenvalue weighted by Gasteiger charge is -2.33. The van der Waals surface area contributed by atoms with Gasteiger partial charge in [-0.3, -0.25) is 9.59 Å². The van der Waals surface area contributed by atoms with Crippen LogP contribution in [-0.2, 0) is 9.59 Å². The predicted molar refractivity (Wildman–Crippen MR) is 88.5 cm³/mol. The van der Waals surface area contributed by atoms with E-state index in [1.54, 1.807) is 15.9 Å². The van der Waals surface area contributed by atoms with Crippen molar-refractivity contribution in [1.29, 1.82) is 0 Å². The summed E-state index contributed by atoms with van der Waals surface area (Å²) in [6, 6.07) is 9.63. The van der Waals surface area contributed by atoms with Crippen molar-refractivity contribution in [2.24, 2.45) is 5.92 Å². The smallest absolute Gasteiger partial charge is 0.245 e. The lowest BCUT2D eigenvalue weighted by molar-refractivity contribution is -0.130. The molecule has 2 rings (SSSR count). The molecule has 2 amide bonds. The normalized spacial score (nSPS) is 15.2. The van der Waals surface area contributed by atoms with E-state index in [4.69, 9.17) is 0 Å². The Labute approximate surface area is 131 Å². The highest BCUT2D eigenvalue weighted by atomic mass is 16.2. The van der Waals surface area contributed by atoms with E-state index in [0.717, 1.165) is 5.69 Å². The monoisotopic (exact) mass is 298 g/mol. The number of carbonyl (C=O) groups is 2. The SMILES string of the molecule is C=CCN(C(=O)C1CCN(C(=O)C=C)CC1)c1ccccc1. The molecule has 0 saturated carbocycles. The number of amides is 2. The van der Waals surface area contributed by atoms with Crippen molar-refractivity contribution in [3.05, 3.63) is 55.6 Å². The summed E-state index contributed by atoms with van der Waals surface area (Å²) in [5, 5.41) is 0. The van der Waals surface area contributed by atoms with Gasteiger partial charge in [-0.2, -0.15) is 0 Å². The highest BCUT2D eigenvalue weighted by molar-refractivity contribution is 5.95. The number of rotatable bonds is 5. The Hall–Kier alpha value is -2.36. The van der Waals surface area contributed by atoms with Gasteiger partial charge in [-0.15, -0.1) is 6.58 Å². The molecule has 22 heavy (non-hydrogen) atoms. The highest BCUT2D eigenvalue weighted by Gasteiger charge is 2.29. The number of carbonyl (C=O) groups excluding carboxylic acids is 2. The van der Waals surface area contributed by atoms with Crippen LogP contribution in [0.15, 0.2) is 55.6 Å². The predicted octanol–water partition coefficient (Wildman–Crippen LogP) is 2.63. The third-order valence-corrected chi connectivity index (χ3v) is 3.98. The first-order valence-corrected chi connectivity index (χ1v) is 7.56. The molecular formula is C18H22N2O2. The molecule has 0 aromatic heterocycles. The Morgan fingerprint density at radius 1 is 1.18 bits per heavy atom. The number of hydrogen-bond acceptors (Lipinski definition) is 2. The molecular weight excluding hydrogens is 276 g/mol. The van der Waals surface area contributed by atoms with E-state index in [1.807, 2.05) is 30.3 Å². The van der Waals surface area contributed by atoms with Crippen LogP contribution < -0.4 is 4.90 Å². The van der Waals surface area contributed by atoms with E-state index >= 15 is 0 Å². The zero-order chi connectivity index (χ0) is 15.9. The molecule has 116 valence electrons. The van der Waals surface area contributed by atoms with E-state index in [2.05, 4.69) is 13.2 Å². The Morgan fingerprint density at radius 2 is 1.82 bits per heavy atom. The van der Waals surface area contributed by atoms with Gasteiger partial charge in [0.25, 0.3) is 0 Å². The Bertz CT molecular complexity index is 545. The summed E-state index contributed by atoms with van der Waals surface area (Å²) in [5.74, 6) is 0.00253. The summed E-state index contributed by atoms with van der Waals surface area (Å²) in [4.78, 5) is 27.9. The molecule has 0 bridgehead atoms. The number of nitrogens with zero attached hydrogens (tertiary/aromatic N) is 2. The number of piperidine rings is 1. The first-order valence-electron chi connectivity index (χ1n) is 7.56. The third-order valence-electron chi connectivity index (χ3n) is 3.98. The minimum atomic E-state index is -0.0584. The number of hydrogen-bond donors (Lipinski definition) is 0. The molecule has 4 nitrogen and oxygen atoms in total. The average Bonchev–Trinajstić information content (AvgIpc) is 2.59. The van der Waals surface area contributed by atoms with E-state index in [1.165, 1.54) is 6.08 Å². The second-order valence-corrected chi connectivity index (χ2v) is 5.38. The number of para-hydroxylation sites is 1. The van der Waals surface area contributed by atoms with Gasteiger partial charge in [0, 0.05) is 31.2 Å². The molecule has 0 spiro atoms. The van der Waals surface area contributed by atoms with Gasteiger partial charge < -0.3 is 9.80 Å². The molecule has 1 aromatic carbocycles. The van der Waals surface area contributed by atoms with Crippen molar-refractivity contribution in [2.75, 3.05) is 24.5 Å². The van der Waals surface area contributed by atoms with Gasteiger partial charge in [0.1, 0.15) is 0 Å². The van der Waals surface area contributed by atoms with E-state index in [9.17, 15) is 9.59 Å².